The average Bonchev–Trinajstić information content (AvgIpc) is 2.95. The molecule has 1 fully saturated rings. The minimum Gasteiger partial charge on any atom is -0.481 e. The van der Waals surface area contributed by atoms with Crippen molar-refractivity contribution in [3.8, 4) is 5.75 Å². The van der Waals surface area contributed by atoms with Crippen LogP contribution >= 0.6 is 24.0 Å². The number of benzene rings is 2. The number of hydrogen-bond acceptors (Lipinski definition) is 6. The summed E-state index contributed by atoms with van der Waals surface area (Å²) in [6.45, 7) is 1.84. The maximum Gasteiger partial charge on any atom is 0.344 e. The number of nitrogens with zero attached hydrogens (tertiary/aromatic N) is 1. The Morgan fingerprint density at radius 2 is 1.85 bits per heavy atom. The van der Waals surface area contributed by atoms with Crippen molar-refractivity contribution in [1.29, 1.82) is 0 Å². The molecule has 0 N–H and O–H groups in total. The molecule has 1 aliphatic rings. The predicted octanol–water partition coefficient (Wildman–Crippen LogP) is 4.03. The Morgan fingerprint density at radius 3 is 2.59 bits per heavy atom. The standard InChI is InChI=1S/C20H17NO4S2/c1-2-24-18(22)13-25-16-11-7-6-8-14(16)12-17-19(23)21(20(26)27-17)15-9-4-3-5-10-15/h3-12H,2,13H2,1H3/b17-12+. The van der Waals surface area contributed by atoms with Gasteiger partial charge < -0.3 is 9.47 Å². The summed E-state index contributed by atoms with van der Waals surface area (Å²) in [5.41, 5.74) is 1.42. The molecular formula is C20H17NO4S2. The Morgan fingerprint density at radius 1 is 1.15 bits per heavy atom. The van der Waals surface area contributed by atoms with Gasteiger partial charge in [0.2, 0.25) is 0 Å². The minimum absolute atomic E-state index is 0.184. The summed E-state index contributed by atoms with van der Waals surface area (Å²) in [4.78, 5) is 26.3. The van der Waals surface area contributed by atoms with Gasteiger partial charge >= 0.3 is 5.97 Å². The quantitative estimate of drug-likeness (QED) is 0.415. The van der Waals surface area contributed by atoms with Crippen LogP contribution in [0.1, 0.15) is 12.5 Å². The summed E-state index contributed by atoms with van der Waals surface area (Å²) < 4.78 is 10.9. The molecule has 5 nitrogen and oxygen atoms in total. The first kappa shape index (κ1) is 19.1. The maximum absolute atomic E-state index is 12.8. The van der Waals surface area contributed by atoms with Crippen LogP contribution in [0.2, 0.25) is 0 Å². The molecule has 1 aliphatic heterocycles. The minimum atomic E-state index is -0.442. The molecule has 138 valence electrons. The Balaban J connectivity index is 1.82. The highest BCUT2D eigenvalue weighted by Gasteiger charge is 2.33. The van der Waals surface area contributed by atoms with E-state index in [0.29, 0.717) is 27.1 Å². The van der Waals surface area contributed by atoms with Crippen LogP contribution in [0.15, 0.2) is 59.5 Å². The lowest BCUT2D eigenvalue weighted by molar-refractivity contribution is -0.145. The van der Waals surface area contributed by atoms with E-state index in [4.69, 9.17) is 21.7 Å². The molecule has 1 saturated heterocycles. The number of carbonyl (C=O) groups is 2. The smallest absolute Gasteiger partial charge is 0.344 e. The van der Waals surface area contributed by atoms with Gasteiger partial charge in [0.15, 0.2) is 10.9 Å². The lowest BCUT2D eigenvalue weighted by Gasteiger charge is -2.13. The zero-order valence-electron chi connectivity index (χ0n) is 14.6. The maximum atomic E-state index is 12.8. The van der Waals surface area contributed by atoms with Crippen LogP contribution in [0.3, 0.4) is 0 Å². The van der Waals surface area contributed by atoms with Crippen molar-refractivity contribution in [3.63, 3.8) is 0 Å². The third kappa shape index (κ3) is 4.56. The number of thioether (sulfide) groups is 1. The molecule has 0 spiro atoms. The molecule has 0 unspecified atom stereocenters. The van der Waals surface area contributed by atoms with Crippen LogP contribution < -0.4 is 9.64 Å². The third-order valence-corrected chi connectivity index (χ3v) is 4.97. The van der Waals surface area contributed by atoms with Crippen molar-refractivity contribution in [2.45, 2.75) is 6.92 Å². The number of hydrogen-bond donors (Lipinski definition) is 0. The van der Waals surface area contributed by atoms with Gasteiger partial charge in [-0.3, -0.25) is 9.69 Å². The van der Waals surface area contributed by atoms with E-state index in [0.717, 1.165) is 5.69 Å². The van der Waals surface area contributed by atoms with Crippen LogP contribution in [0.4, 0.5) is 5.69 Å². The highest BCUT2D eigenvalue weighted by molar-refractivity contribution is 8.27. The van der Waals surface area contributed by atoms with Crippen molar-refractivity contribution in [2.75, 3.05) is 18.1 Å². The van der Waals surface area contributed by atoms with Gasteiger partial charge in [0.1, 0.15) is 5.75 Å². The fourth-order valence-electron chi connectivity index (χ4n) is 2.48. The van der Waals surface area contributed by atoms with Gasteiger partial charge in [-0.05, 0) is 31.2 Å². The molecule has 1 amide bonds. The lowest BCUT2D eigenvalue weighted by atomic mass is 10.2. The first-order valence-electron chi connectivity index (χ1n) is 8.30. The highest BCUT2D eigenvalue weighted by atomic mass is 32.2. The van der Waals surface area contributed by atoms with Crippen molar-refractivity contribution >= 4 is 51.9 Å². The molecule has 0 bridgehead atoms. The Labute approximate surface area is 167 Å². The molecule has 0 saturated carbocycles. The summed E-state index contributed by atoms with van der Waals surface area (Å²) in [6.07, 6.45) is 1.72. The number of para-hydroxylation sites is 2. The Bertz CT molecular complexity index is 896. The Hall–Kier alpha value is -2.64. The number of ether oxygens (including phenoxy) is 2. The van der Waals surface area contributed by atoms with Gasteiger partial charge in [0, 0.05) is 5.56 Å². The monoisotopic (exact) mass is 399 g/mol. The van der Waals surface area contributed by atoms with Gasteiger partial charge in [-0.25, -0.2) is 4.79 Å². The fourth-order valence-corrected chi connectivity index (χ4v) is 3.77. The molecule has 27 heavy (non-hydrogen) atoms. The van der Waals surface area contributed by atoms with Crippen LogP contribution in [-0.2, 0) is 14.3 Å². The first-order valence-corrected chi connectivity index (χ1v) is 9.53. The summed E-state index contributed by atoms with van der Waals surface area (Å²) in [6, 6.07) is 16.5. The van der Waals surface area contributed by atoms with Gasteiger partial charge in [0.05, 0.1) is 17.2 Å². The SMILES string of the molecule is CCOC(=O)COc1ccccc1/C=C1/SC(=S)N(c2ccccc2)C1=O. The molecule has 0 radical (unpaired) electrons. The van der Waals surface area contributed by atoms with E-state index >= 15 is 0 Å². The van der Waals surface area contributed by atoms with Crippen molar-refractivity contribution in [2.24, 2.45) is 0 Å². The van der Waals surface area contributed by atoms with Crippen LogP contribution in [0.25, 0.3) is 6.08 Å². The summed E-state index contributed by atoms with van der Waals surface area (Å²) >= 11 is 6.61. The number of thiocarbonyl (C=S) groups is 1. The molecule has 2 aromatic carbocycles. The topological polar surface area (TPSA) is 55.8 Å². The molecule has 0 atom stereocenters. The van der Waals surface area contributed by atoms with E-state index in [9.17, 15) is 9.59 Å². The van der Waals surface area contributed by atoms with Gasteiger partial charge in [0.25, 0.3) is 5.91 Å². The number of anilines is 1. The second-order valence-electron chi connectivity index (χ2n) is 5.48. The van der Waals surface area contributed by atoms with Crippen molar-refractivity contribution in [1.82, 2.24) is 0 Å². The van der Waals surface area contributed by atoms with Crippen LogP contribution in [0, 0.1) is 0 Å². The predicted molar refractivity (Wildman–Crippen MR) is 111 cm³/mol. The Kier molecular flexibility index (Phi) is 6.26. The number of amides is 1. The van der Waals surface area contributed by atoms with E-state index in [-0.39, 0.29) is 12.5 Å². The molecule has 1 heterocycles. The van der Waals surface area contributed by atoms with Gasteiger partial charge in [-0.2, -0.15) is 0 Å². The largest absolute Gasteiger partial charge is 0.481 e. The summed E-state index contributed by atoms with van der Waals surface area (Å²) in [5, 5.41) is 0. The second-order valence-corrected chi connectivity index (χ2v) is 7.16. The van der Waals surface area contributed by atoms with Gasteiger partial charge in [-0.1, -0.05) is 60.4 Å². The first-order chi connectivity index (χ1) is 13.1. The van der Waals surface area contributed by atoms with Crippen molar-refractivity contribution in [3.05, 3.63) is 65.1 Å². The van der Waals surface area contributed by atoms with Crippen LogP contribution in [0.5, 0.6) is 5.75 Å². The molecule has 7 heteroatoms. The second kappa shape index (κ2) is 8.83. The van der Waals surface area contributed by atoms with E-state index in [1.807, 2.05) is 42.5 Å². The third-order valence-electron chi connectivity index (χ3n) is 3.66. The lowest BCUT2D eigenvalue weighted by Crippen LogP contribution is -2.27. The van der Waals surface area contributed by atoms with E-state index in [1.54, 1.807) is 25.1 Å². The van der Waals surface area contributed by atoms with E-state index in [1.165, 1.54) is 16.7 Å². The molecule has 0 aromatic heterocycles. The molecular weight excluding hydrogens is 382 g/mol. The van der Waals surface area contributed by atoms with E-state index < -0.39 is 5.97 Å². The van der Waals surface area contributed by atoms with Gasteiger partial charge in [-0.15, -0.1) is 0 Å². The fraction of sp³-hybridized carbons (Fsp3) is 0.150. The zero-order chi connectivity index (χ0) is 19.2. The van der Waals surface area contributed by atoms with E-state index in [2.05, 4.69) is 0 Å². The normalized spacial score (nSPS) is 15.3. The highest BCUT2D eigenvalue weighted by Crippen LogP contribution is 2.36. The zero-order valence-corrected chi connectivity index (χ0v) is 16.2. The number of rotatable bonds is 6. The van der Waals surface area contributed by atoms with Crippen LogP contribution in [-0.4, -0.2) is 29.4 Å². The average molecular weight is 399 g/mol. The summed E-state index contributed by atoms with van der Waals surface area (Å²) in [5.74, 6) is -0.130. The summed E-state index contributed by atoms with van der Waals surface area (Å²) in [7, 11) is 0. The number of carbonyl (C=O) groups excluding carboxylic acids is 2. The molecule has 3 rings (SSSR count). The molecule has 0 aliphatic carbocycles. The number of esters is 1. The van der Waals surface area contributed by atoms with Crippen molar-refractivity contribution < 1.29 is 19.1 Å². The molecule has 2 aromatic rings.